The number of rotatable bonds is 3. The number of benzene rings is 1. The van der Waals surface area contributed by atoms with Crippen LogP contribution in [0.3, 0.4) is 0 Å². The van der Waals surface area contributed by atoms with E-state index in [0.717, 1.165) is 0 Å². The molecule has 0 aliphatic rings. The molecular formula is C12H14N2O. The van der Waals surface area contributed by atoms with Crippen molar-refractivity contribution in [3.63, 3.8) is 0 Å². The van der Waals surface area contributed by atoms with Crippen molar-refractivity contribution in [1.82, 2.24) is 5.32 Å². The van der Waals surface area contributed by atoms with Crippen molar-refractivity contribution < 1.29 is 4.79 Å². The number of terminal acetylenes is 1. The zero-order valence-corrected chi connectivity index (χ0v) is 8.66. The third-order valence-electron chi connectivity index (χ3n) is 2.12. The summed E-state index contributed by atoms with van der Waals surface area (Å²) < 4.78 is 0. The maximum atomic E-state index is 11.7. The van der Waals surface area contributed by atoms with Gasteiger partial charge in [0.15, 0.2) is 0 Å². The Morgan fingerprint density at radius 2 is 2.27 bits per heavy atom. The van der Waals surface area contributed by atoms with Gasteiger partial charge < -0.3 is 11.1 Å². The van der Waals surface area contributed by atoms with Gasteiger partial charge in [-0.3, -0.25) is 4.79 Å². The fourth-order valence-electron chi connectivity index (χ4n) is 1.20. The van der Waals surface area contributed by atoms with Gasteiger partial charge in [-0.2, -0.15) is 0 Å². The number of amides is 1. The first kappa shape index (κ1) is 11.1. The van der Waals surface area contributed by atoms with E-state index in [9.17, 15) is 4.79 Å². The Hall–Kier alpha value is -1.95. The molecule has 3 N–H and O–H groups in total. The van der Waals surface area contributed by atoms with Crippen LogP contribution >= 0.6 is 0 Å². The van der Waals surface area contributed by atoms with Crippen molar-refractivity contribution >= 4 is 11.6 Å². The molecule has 0 heterocycles. The van der Waals surface area contributed by atoms with Crippen molar-refractivity contribution in [3.05, 3.63) is 29.8 Å². The smallest absolute Gasteiger partial charge is 0.254 e. The molecular weight excluding hydrogens is 188 g/mol. The average Bonchev–Trinajstić information content (AvgIpc) is 2.26. The van der Waals surface area contributed by atoms with Gasteiger partial charge >= 0.3 is 0 Å². The minimum atomic E-state index is -0.239. The number of nitrogens with one attached hydrogen (secondary N) is 1. The summed E-state index contributed by atoms with van der Waals surface area (Å²) in [4.78, 5) is 11.7. The zero-order chi connectivity index (χ0) is 11.3. The van der Waals surface area contributed by atoms with E-state index in [0.29, 0.717) is 17.7 Å². The Morgan fingerprint density at radius 3 is 2.80 bits per heavy atom. The molecule has 0 aliphatic heterocycles. The van der Waals surface area contributed by atoms with Crippen molar-refractivity contribution in [2.45, 2.75) is 19.4 Å². The number of hydrogen-bond acceptors (Lipinski definition) is 2. The molecule has 0 aromatic heterocycles. The molecule has 1 atom stereocenters. The summed E-state index contributed by atoms with van der Waals surface area (Å²) in [6.45, 7) is 1.92. The van der Waals surface area contributed by atoms with Crippen LogP contribution in [0, 0.1) is 12.3 Å². The minimum absolute atomic E-state index is 0.224. The Morgan fingerprint density at radius 1 is 1.60 bits per heavy atom. The summed E-state index contributed by atoms with van der Waals surface area (Å²) in [5.74, 6) is 2.27. The largest absolute Gasteiger partial charge is 0.398 e. The number of nitrogens with two attached hydrogens (primary N) is 1. The number of nitrogen functional groups attached to an aromatic ring is 1. The molecule has 1 amide bonds. The summed E-state index contributed by atoms with van der Waals surface area (Å²) in [5, 5.41) is 2.72. The van der Waals surface area contributed by atoms with Crippen LogP contribution in [0.4, 0.5) is 5.69 Å². The Balaban J connectivity index is 2.79. The van der Waals surface area contributed by atoms with Crippen LogP contribution in [0.2, 0.25) is 0 Å². The van der Waals surface area contributed by atoms with E-state index < -0.39 is 0 Å². The highest BCUT2D eigenvalue weighted by molar-refractivity contribution is 5.99. The second-order valence-corrected chi connectivity index (χ2v) is 3.19. The van der Waals surface area contributed by atoms with Crippen LogP contribution in [0.5, 0.6) is 0 Å². The molecule has 0 radical (unpaired) electrons. The highest BCUT2D eigenvalue weighted by Crippen LogP contribution is 2.10. The second kappa shape index (κ2) is 5.06. The van der Waals surface area contributed by atoms with Crippen LogP contribution in [0.15, 0.2) is 24.3 Å². The number of hydrogen-bond donors (Lipinski definition) is 2. The molecule has 15 heavy (non-hydrogen) atoms. The van der Waals surface area contributed by atoms with E-state index >= 15 is 0 Å². The van der Waals surface area contributed by atoms with Crippen LogP contribution < -0.4 is 11.1 Å². The number of para-hydroxylation sites is 1. The van der Waals surface area contributed by atoms with E-state index in [1.54, 1.807) is 24.3 Å². The minimum Gasteiger partial charge on any atom is -0.398 e. The summed E-state index contributed by atoms with van der Waals surface area (Å²) in [6.07, 6.45) is 5.96. The number of carbonyl (C=O) groups is 1. The third-order valence-corrected chi connectivity index (χ3v) is 2.12. The van der Waals surface area contributed by atoms with E-state index in [1.165, 1.54) is 0 Å². The Bertz CT molecular complexity index is 393. The summed E-state index contributed by atoms with van der Waals surface area (Å²) in [6, 6.07) is 6.67. The number of carbonyl (C=O) groups excluding carboxylic acids is 1. The Labute approximate surface area is 89.7 Å². The molecule has 3 heteroatoms. The maximum Gasteiger partial charge on any atom is 0.254 e. The Kier molecular flexibility index (Phi) is 3.75. The summed E-state index contributed by atoms with van der Waals surface area (Å²) in [5.41, 5.74) is 6.59. The van der Waals surface area contributed by atoms with Gasteiger partial charge in [0.05, 0.1) is 11.6 Å². The topological polar surface area (TPSA) is 55.1 Å². The van der Waals surface area contributed by atoms with Crippen molar-refractivity contribution in [1.29, 1.82) is 0 Å². The molecule has 0 fully saturated rings. The standard InChI is InChI=1S/C12H14N2O/c1-3-9(4-2)14-12(15)10-7-5-6-8-11(10)13/h1,5-9H,4,13H2,2H3,(H,14,15). The first-order valence-corrected chi connectivity index (χ1v) is 4.80. The molecule has 1 aromatic rings. The first-order valence-electron chi connectivity index (χ1n) is 4.80. The average molecular weight is 202 g/mol. The predicted molar refractivity (Wildman–Crippen MR) is 61.2 cm³/mol. The van der Waals surface area contributed by atoms with Crippen molar-refractivity contribution in [3.8, 4) is 12.3 Å². The lowest BCUT2D eigenvalue weighted by atomic mass is 10.1. The van der Waals surface area contributed by atoms with Gasteiger partial charge in [0.2, 0.25) is 0 Å². The SMILES string of the molecule is C#CC(CC)NC(=O)c1ccccc1N. The van der Waals surface area contributed by atoms with Crippen LogP contribution in [-0.2, 0) is 0 Å². The van der Waals surface area contributed by atoms with Gasteiger partial charge in [-0.15, -0.1) is 6.42 Å². The normalized spacial score (nSPS) is 11.5. The van der Waals surface area contributed by atoms with Gasteiger partial charge in [-0.05, 0) is 18.6 Å². The molecule has 0 aliphatic carbocycles. The van der Waals surface area contributed by atoms with Gasteiger partial charge in [0.25, 0.3) is 5.91 Å². The molecule has 1 unspecified atom stereocenters. The first-order chi connectivity index (χ1) is 7.19. The second-order valence-electron chi connectivity index (χ2n) is 3.19. The highest BCUT2D eigenvalue weighted by atomic mass is 16.1. The lowest BCUT2D eigenvalue weighted by molar-refractivity contribution is 0.0946. The summed E-state index contributed by atoms with van der Waals surface area (Å²) >= 11 is 0. The fourth-order valence-corrected chi connectivity index (χ4v) is 1.20. The quantitative estimate of drug-likeness (QED) is 0.575. The fraction of sp³-hybridized carbons (Fsp3) is 0.250. The molecule has 78 valence electrons. The molecule has 0 bridgehead atoms. The predicted octanol–water partition coefficient (Wildman–Crippen LogP) is 1.41. The van der Waals surface area contributed by atoms with Crippen LogP contribution in [-0.4, -0.2) is 11.9 Å². The van der Waals surface area contributed by atoms with Gasteiger partial charge in [-0.25, -0.2) is 0 Å². The van der Waals surface area contributed by atoms with Crippen molar-refractivity contribution in [2.24, 2.45) is 0 Å². The van der Waals surface area contributed by atoms with E-state index in [2.05, 4.69) is 11.2 Å². The van der Waals surface area contributed by atoms with Crippen LogP contribution in [0.25, 0.3) is 0 Å². The lowest BCUT2D eigenvalue weighted by Crippen LogP contribution is -2.33. The van der Waals surface area contributed by atoms with Gasteiger partial charge in [0.1, 0.15) is 0 Å². The van der Waals surface area contributed by atoms with E-state index in [1.807, 2.05) is 6.92 Å². The van der Waals surface area contributed by atoms with E-state index in [4.69, 9.17) is 12.2 Å². The zero-order valence-electron chi connectivity index (χ0n) is 8.66. The lowest BCUT2D eigenvalue weighted by Gasteiger charge is -2.11. The molecule has 3 nitrogen and oxygen atoms in total. The molecule has 0 saturated carbocycles. The molecule has 0 saturated heterocycles. The van der Waals surface area contributed by atoms with E-state index in [-0.39, 0.29) is 11.9 Å². The number of anilines is 1. The molecule has 1 rings (SSSR count). The highest BCUT2D eigenvalue weighted by Gasteiger charge is 2.11. The van der Waals surface area contributed by atoms with Gasteiger partial charge in [-0.1, -0.05) is 25.0 Å². The van der Waals surface area contributed by atoms with Crippen LogP contribution in [0.1, 0.15) is 23.7 Å². The summed E-state index contributed by atoms with van der Waals surface area (Å²) in [7, 11) is 0. The monoisotopic (exact) mass is 202 g/mol. The molecule has 1 aromatic carbocycles. The third kappa shape index (κ3) is 2.75. The molecule has 0 spiro atoms. The van der Waals surface area contributed by atoms with Crippen molar-refractivity contribution in [2.75, 3.05) is 5.73 Å². The van der Waals surface area contributed by atoms with Gasteiger partial charge in [0, 0.05) is 5.69 Å². The maximum absolute atomic E-state index is 11.7.